The summed E-state index contributed by atoms with van der Waals surface area (Å²) in [7, 11) is 0. The number of hydrogen-bond donors (Lipinski definition) is 0. The third-order valence-electron chi connectivity index (χ3n) is 12.0. The fraction of sp³-hybridized carbons (Fsp3) is 0.113. The molecule has 8 aromatic rings. The minimum atomic E-state index is -0.229. The van der Waals surface area contributed by atoms with E-state index in [9.17, 15) is 0 Å². The molecule has 0 fully saturated rings. The van der Waals surface area contributed by atoms with Crippen LogP contribution in [-0.2, 0) is 10.8 Å². The first-order chi connectivity index (χ1) is 26.3. The fourth-order valence-corrected chi connectivity index (χ4v) is 8.39. The van der Waals surface area contributed by atoms with E-state index in [1.807, 2.05) is 0 Å². The van der Waals surface area contributed by atoms with Gasteiger partial charge in [-0.2, -0.15) is 0 Å². The highest BCUT2D eigenvalue weighted by Crippen LogP contribution is 2.56. The summed E-state index contributed by atoms with van der Waals surface area (Å²) in [5, 5.41) is 0. The lowest BCUT2D eigenvalue weighted by atomic mass is 9.55. The van der Waals surface area contributed by atoms with Crippen LogP contribution in [0, 0.1) is 0 Å². The smallest absolute Gasteiger partial charge is 0.0743 e. The molecule has 0 saturated carbocycles. The Kier molecular flexibility index (Phi) is 8.24. The first-order valence-corrected chi connectivity index (χ1v) is 18.9. The van der Waals surface area contributed by atoms with E-state index in [0.29, 0.717) is 0 Å². The third-order valence-corrected chi connectivity index (χ3v) is 12.0. The summed E-state index contributed by atoms with van der Waals surface area (Å²) in [4.78, 5) is 5.37. The van der Waals surface area contributed by atoms with Crippen LogP contribution in [0.3, 0.4) is 0 Å². The Morgan fingerprint density at radius 1 is 0.315 bits per heavy atom. The number of pyridine rings is 1. The van der Waals surface area contributed by atoms with Crippen molar-refractivity contribution >= 4 is 0 Å². The molecule has 1 aliphatic rings. The zero-order valence-electron chi connectivity index (χ0n) is 31.3. The molecule has 1 aromatic heterocycles. The van der Waals surface area contributed by atoms with Crippen molar-refractivity contribution in [3.8, 4) is 78.0 Å². The molecule has 0 atom stereocenters. The molecule has 0 spiro atoms. The van der Waals surface area contributed by atoms with Crippen LogP contribution in [-0.4, -0.2) is 4.98 Å². The lowest BCUT2D eigenvalue weighted by Crippen LogP contribution is -2.44. The maximum Gasteiger partial charge on any atom is 0.0743 e. The molecule has 1 nitrogen and oxygen atoms in total. The molecule has 1 heteroatoms. The van der Waals surface area contributed by atoms with Crippen LogP contribution in [0.15, 0.2) is 188 Å². The summed E-state index contributed by atoms with van der Waals surface area (Å²) < 4.78 is 0. The summed E-state index contributed by atoms with van der Waals surface area (Å²) >= 11 is 0. The molecule has 0 bridgehead atoms. The SMILES string of the molecule is CC1(C)c2cc(-c3cc(-c4ccccc4)cc(-c4ccccc4)c3)cnc2-c2cccc(-c3cc(-c4ccccc4)cc(-c4ccccc4)c3)c2C1(C)C. The summed E-state index contributed by atoms with van der Waals surface area (Å²) in [6.45, 7) is 9.66. The van der Waals surface area contributed by atoms with Gasteiger partial charge in [-0.25, -0.2) is 0 Å². The van der Waals surface area contributed by atoms with Gasteiger partial charge in [0.15, 0.2) is 0 Å². The van der Waals surface area contributed by atoms with E-state index in [1.54, 1.807) is 0 Å². The van der Waals surface area contributed by atoms with Gasteiger partial charge >= 0.3 is 0 Å². The molecule has 0 radical (unpaired) electrons. The van der Waals surface area contributed by atoms with Gasteiger partial charge in [-0.3, -0.25) is 4.98 Å². The highest BCUT2D eigenvalue weighted by Gasteiger charge is 2.47. The van der Waals surface area contributed by atoms with Gasteiger partial charge < -0.3 is 0 Å². The quantitative estimate of drug-likeness (QED) is 0.169. The molecule has 260 valence electrons. The van der Waals surface area contributed by atoms with Gasteiger partial charge in [0, 0.05) is 28.2 Å². The Morgan fingerprint density at radius 2 is 0.685 bits per heavy atom. The number of aromatic nitrogens is 1. The maximum absolute atomic E-state index is 5.37. The average Bonchev–Trinajstić information content (AvgIpc) is 3.23. The highest BCUT2D eigenvalue weighted by atomic mass is 14.7. The van der Waals surface area contributed by atoms with Crippen molar-refractivity contribution in [1.82, 2.24) is 4.98 Å². The molecule has 0 unspecified atom stereocenters. The first-order valence-electron chi connectivity index (χ1n) is 18.9. The van der Waals surface area contributed by atoms with Crippen LogP contribution in [0.25, 0.3) is 78.0 Å². The summed E-state index contributed by atoms with van der Waals surface area (Å²) in [5.41, 5.74) is 18.9. The van der Waals surface area contributed by atoms with E-state index in [1.165, 1.54) is 77.9 Å². The molecule has 0 aliphatic heterocycles. The molecular formula is C53H43N. The van der Waals surface area contributed by atoms with E-state index < -0.39 is 0 Å². The predicted octanol–water partition coefficient (Wildman–Crippen LogP) is 14.3. The zero-order valence-corrected chi connectivity index (χ0v) is 31.3. The molecule has 1 aliphatic carbocycles. The first kappa shape index (κ1) is 33.5. The van der Waals surface area contributed by atoms with E-state index in [0.717, 1.165) is 11.3 Å². The number of benzene rings is 7. The van der Waals surface area contributed by atoms with Crippen molar-refractivity contribution < 1.29 is 0 Å². The normalized spacial score (nSPS) is 13.9. The summed E-state index contributed by atoms with van der Waals surface area (Å²) in [5.74, 6) is 0. The Labute approximate surface area is 319 Å². The minimum absolute atomic E-state index is 0.219. The van der Waals surface area contributed by atoms with Gasteiger partial charge in [-0.1, -0.05) is 167 Å². The monoisotopic (exact) mass is 693 g/mol. The Balaban J connectivity index is 1.22. The predicted molar refractivity (Wildman–Crippen MR) is 228 cm³/mol. The second-order valence-electron chi connectivity index (χ2n) is 15.7. The molecule has 0 N–H and O–H groups in total. The van der Waals surface area contributed by atoms with Crippen LogP contribution >= 0.6 is 0 Å². The van der Waals surface area contributed by atoms with E-state index in [4.69, 9.17) is 4.98 Å². The van der Waals surface area contributed by atoms with Crippen LogP contribution in [0.4, 0.5) is 0 Å². The van der Waals surface area contributed by atoms with Crippen molar-refractivity contribution in [2.45, 2.75) is 38.5 Å². The van der Waals surface area contributed by atoms with E-state index in [-0.39, 0.29) is 10.8 Å². The Hall–Kier alpha value is -6.31. The van der Waals surface area contributed by atoms with Crippen molar-refractivity contribution in [3.05, 3.63) is 199 Å². The second-order valence-corrected chi connectivity index (χ2v) is 15.7. The molecular weight excluding hydrogens is 651 g/mol. The number of hydrogen-bond acceptors (Lipinski definition) is 1. The number of rotatable bonds is 6. The van der Waals surface area contributed by atoms with Crippen LogP contribution in [0.5, 0.6) is 0 Å². The third kappa shape index (κ3) is 5.78. The van der Waals surface area contributed by atoms with E-state index >= 15 is 0 Å². The highest BCUT2D eigenvalue weighted by molar-refractivity contribution is 5.89. The fourth-order valence-electron chi connectivity index (χ4n) is 8.39. The number of nitrogens with zero attached hydrogens (tertiary/aromatic N) is 1. The molecule has 9 rings (SSSR count). The van der Waals surface area contributed by atoms with Gasteiger partial charge in [-0.05, 0) is 115 Å². The van der Waals surface area contributed by atoms with Gasteiger partial charge in [0.05, 0.1) is 5.69 Å². The summed E-state index contributed by atoms with van der Waals surface area (Å²) in [6.07, 6.45) is 2.09. The maximum atomic E-state index is 5.37. The molecule has 0 amide bonds. The zero-order chi connectivity index (χ0) is 36.9. The lowest BCUT2D eigenvalue weighted by Gasteiger charge is -2.48. The van der Waals surface area contributed by atoms with Crippen LogP contribution < -0.4 is 0 Å². The van der Waals surface area contributed by atoms with Crippen molar-refractivity contribution in [1.29, 1.82) is 0 Å². The lowest BCUT2D eigenvalue weighted by molar-refractivity contribution is 0.299. The molecule has 1 heterocycles. The van der Waals surface area contributed by atoms with Crippen molar-refractivity contribution in [2.75, 3.05) is 0 Å². The van der Waals surface area contributed by atoms with Gasteiger partial charge in [0.2, 0.25) is 0 Å². The number of fused-ring (bicyclic) bond motifs is 3. The average molecular weight is 694 g/mol. The molecule has 0 saturated heterocycles. The topological polar surface area (TPSA) is 12.9 Å². The van der Waals surface area contributed by atoms with Gasteiger partial charge in [-0.15, -0.1) is 0 Å². The molecule has 7 aromatic carbocycles. The summed E-state index contributed by atoms with van der Waals surface area (Å²) in [6, 6.07) is 66.1. The molecule has 54 heavy (non-hydrogen) atoms. The second kappa shape index (κ2) is 13.3. The van der Waals surface area contributed by atoms with Crippen molar-refractivity contribution in [3.63, 3.8) is 0 Å². The Bertz CT molecular complexity index is 2500. The largest absolute Gasteiger partial charge is 0.255 e. The van der Waals surface area contributed by atoms with Crippen molar-refractivity contribution in [2.24, 2.45) is 0 Å². The van der Waals surface area contributed by atoms with Gasteiger partial charge in [0.1, 0.15) is 0 Å². The van der Waals surface area contributed by atoms with Crippen LogP contribution in [0.1, 0.15) is 38.8 Å². The Morgan fingerprint density at radius 3 is 1.11 bits per heavy atom. The van der Waals surface area contributed by atoms with E-state index in [2.05, 4.69) is 216 Å². The standard InChI is InChI=1S/C53H43N/c1-52(2)49-34-46(44-30-40(36-18-9-5-10-19-36)28-41(31-44)37-20-11-6-12-21-37)35-54-51(49)48-27-17-26-47(50(48)53(52,3)4)45-32-42(38-22-13-7-14-23-38)29-43(33-45)39-24-15-8-16-25-39/h5-35H,1-4H3. The van der Waals surface area contributed by atoms with Crippen LogP contribution in [0.2, 0.25) is 0 Å². The van der Waals surface area contributed by atoms with Gasteiger partial charge in [0.25, 0.3) is 0 Å². The minimum Gasteiger partial charge on any atom is -0.255 e.